The Balaban J connectivity index is 1.94. The van der Waals surface area contributed by atoms with Crippen molar-refractivity contribution >= 4 is 11.6 Å². The largest absolute Gasteiger partial charge is 0.484 e. The van der Waals surface area contributed by atoms with Crippen LogP contribution in [0.15, 0.2) is 24.3 Å². The van der Waals surface area contributed by atoms with Crippen molar-refractivity contribution in [2.75, 3.05) is 19.7 Å². The maximum Gasteiger partial charge on any atom is 0.273 e. The maximum atomic E-state index is 12.3. The highest BCUT2D eigenvalue weighted by molar-refractivity contribution is 5.78. The van der Waals surface area contributed by atoms with E-state index in [1.807, 2.05) is 0 Å². The van der Waals surface area contributed by atoms with Gasteiger partial charge in [-0.05, 0) is 24.8 Å². The summed E-state index contributed by atoms with van der Waals surface area (Å²) in [6, 6.07) is 5.87. The van der Waals surface area contributed by atoms with Crippen molar-refractivity contribution in [2.24, 2.45) is 11.7 Å². The topological polar surface area (TPSA) is 98.7 Å². The van der Waals surface area contributed by atoms with E-state index in [2.05, 4.69) is 6.92 Å². The third kappa shape index (κ3) is 3.94. The zero-order valence-corrected chi connectivity index (χ0v) is 12.6. The molecule has 2 N–H and O–H groups in total. The summed E-state index contributed by atoms with van der Waals surface area (Å²) in [6.45, 7) is 3.14. The molecule has 1 aliphatic heterocycles. The van der Waals surface area contributed by atoms with E-state index in [4.69, 9.17) is 10.5 Å². The van der Waals surface area contributed by atoms with Crippen LogP contribution in [0.2, 0.25) is 0 Å². The van der Waals surface area contributed by atoms with Gasteiger partial charge in [0.15, 0.2) is 6.61 Å². The van der Waals surface area contributed by atoms with E-state index in [1.54, 1.807) is 11.0 Å². The predicted octanol–water partition coefficient (Wildman–Crippen LogP) is 1.56. The molecule has 1 fully saturated rings. The van der Waals surface area contributed by atoms with Gasteiger partial charge in [-0.3, -0.25) is 14.9 Å². The molecular weight excluding hydrogens is 286 g/mol. The molecule has 1 aromatic rings. The number of ether oxygens (including phenoxy) is 1. The highest BCUT2D eigenvalue weighted by Gasteiger charge is 2.29. The van der Waals surface area contributed by atoms with Crippen molar-refractivity contribution in [1.29, 1.82) is 0 Å². The summed E-state index contributed by atoms with van der Waals surface area (Å²) < 4.78 is 5.40. The maximum absolute atomic E-state index is 12.3. The van der Waals surface area contributed by atoms with Crippen LogP contribution in [0.1, 0.15) is 19.8 Å². The zero-order valence-electron chi connectivity index (χ0n) is 12.6. The molecule has 0 saturated carbocycles. The second-order valence-electron chi connectivity index (χ2n) is 5.65. The Morgan fingerprint density at radius 1 is 1.55 bits per heavy atom. The van der Waals surface area contributed by atoms with Crippen LogP contribution in [0, 0.1) is 16.0 Å². The smallest absolute Gasteiger partial charge is 0.273 e. The Kier molecular flexibility index (Phi) is 5.32. The first-order valence-electron chi connectivity index (χ1n) is 7.38. The summed E-state index contributed by atoms with van der Waals surface area (Å²) in [5, 5.41) is 10.7. The second-order valence-corrected chi connectivity index (χ2v) is 5.65. The van der Waals surface area contributed by atoms with E-state index in [9.17, 15) is 14.9 Å². The number of carbonyl (C=O) groups excluding carboxylic acids is 1. The van der Waals surface area contributed by atoms with Crippen LogP contribution in [0.3, 0.4) is 0 Å². The van der Waals surface area contributed by atoms with Crippen molar-refractivity contribution in [3.63, 3.8) is 0 Å². The van der Waals surface area contributed by atoms with Crippen molar-refractivity contribution < 1.29 is 14.5 Å². The lowest BCUT2D eigenvalue weighted by atomic mass is 9.92. The molecule has 0 radical (unpaired) electrons. The first-order chi connectivity index (χ1) is 10.5. The number of hydrogen-bond acceptors (Lipinski definition) is 5. The van der Waals surface area contributed by atoms with Gasteiger partial charge in [0.05, 0.1) is 11.0 Å². The van der Waals surface area contributed by atoms with Gasteiger partial charge >= 0.3 is 0 Å². The fourth-order valence-electron chi connectivity index (χ4n) is 2.72. The fraction of sp³-hybridized carbons (Fsp3) is 0.533. The minimum atomic E-state index is -0.495. The summed E-state index contributed by atoms with van der Waals surface area (Å²) >= 11 is 0. The average Bonchev–Trinajstić information content (AvgIpc) is 2.52. The van der Waals surface area contributed by atoms with Gasteiger partial charge in [0.2, 0.25) is 0 Å². The first kappa shape index (κ1) is 16.2. The average molecular weight is 307 g/mol. The molecule has 0 aromatic heterocycles. The van der Waals surface area contributed by atoms with E-state index >= 15 is 0 Å². The van der Waals surface area contributed by atoms with Gasteiger partial charge in [-0.15, -0.1) is 0 Å². The van der Waals surface area contributed by atoms with Gasteiger partial charge in [-0.2, -0.15) is 0 Å². The minimum Gasteiger partial charge on any atom is -0.484 e. The van der Waals surface area contributed by atoms with Gasteiger partial charge < -0.3 is 15.4 Å². The molecule has 0 aliphatic carbocycles. The molecule has 120 valence electrons. The fourth-order valence-corrected chi connectivity index (χ4v) is 2.72. The second kappa shape index (κ2) is 7.22. The number of nitro groups is 1. The van der Waals surface area contributed by atoms with E-state index in [0.29, 0.717) is 24.8 Å². The number of non-ortho nitro benzene ring substituents is 1. The van der Waals surface area contributed by atoms with Crippen LogP contribution in [-0.2, 0) is 4.79 Å². The first-order valence-corrected chi connectivity index (χ1v) is 7.38. The molecule has 22 heavy (non-hydrogen) atoms. The number of carbonyl (C=O) groups is 1. The third-order valence-electron chi connectivity index (χ3n) is 3.96. The lowest BCUT2D eigenvalue weighted by Gasteiger charge is -2.37. The Labute approximate surface area is 129 Å². The summed E-state index contributed by atoms with van der Waals surface area (Å²) in [7, 11) is 0. The highest BCUT2D eigenvalue weighted by atomic mass is 16.6. The van der Waals surface area contributed by atoms with Crippen LogP contribution >= 0.6 is 0 Å². The number of rotatable bonds is 5. The quantitative estimate of drug-likeness (QED) is 0.657. The highest BCUT2D eigenvalue weighted by Crippen LogP contribution is 2.23. The van der Waals surface area contributed by atoms with Gasteiger partial charge in [-0.25, -0.2) is 0 Å². The van der Waals surface area contributed by atoms with Crippen LogP contribution in [-0.4, -0.2) is 41.5 Å². The van der Waals surface area contributed by atoms with Gasteiger partial charge in [0, 0.05) is 25.2 Å². The van der Waals surface area contributed by atoms with Crippen molar-refractivity contribution in [3.8, 4) is 5.75 Å². The predicted molar refractivity (Wildman–Crippen MR) is 81.5 cm³/mol. The Morgan fingerprint density at radius 3 is 3.00 bits per heavy atom. The molecule has 7 nitrogen and oxygen atoms in total. The van der Waals surface area contributed by atoms with Crippen LogP contribution < -0.4 is 10.5 Å². The van der Waals surface area contributed by atoms with E-state index in [0.717, 1.165) is 12.8 Å². The number of nitrogens with zero attached hydrogens (tertiary/aromatic N) is 2. The monoisotopic (exact) mass is 307 g/mol. The molecule has 1 aromatic carbocycles. The molecule has 1 saturated heterocycles. The molecule has 0 bridgehead atoms. The molecule has 1 heterocycles. The number of hydrogen-bond donors (Lipinski definition) is 1. The normalized spacial score (nSPS) is 21.5. The van der Waals surface area contributed by atoms with Crippen molar-refractivity contribution in [3.05, 3.63) is 34.4 Å². The number of piperidine rings is 1. The number of amides is 1. The number of likely N-dealkylation sites (tertiary alicyclic amines) is 1. The number of benzene rings is 1. The Morgan fingerprint density at radius 2 is 2.32 bits per heavy atom. The van der Waals surface area contributed by atoms with Gasteiger partial charge in [0.25, 0.3) is 11.6 Å². The van der Waals surface area contributed by atoms with Crippen LogP contribution in [0.25, 0.3) is 0 Å². The molecule has 1 aliphatic rings. The van der Waals surface area contributed by atoms with Crippen molar-refractivity contribution in [2.45, 2.75) is 25.8 Å². The minimum absolute atomic E-state index is 0.0463. The standard InChI is InChI=1S/C15H21N3O4/c1-11-5-6-17(13(7-11)9-16)15(19)10-22-14-4-2-3-12(8-14)18(20)21/h2-4,8,11,13H,5-7,9-10,16H2,1H3. The van der Waals surface area contributed by atoms with E-state index in [-0.39, 0.29) is 24.2 Å². The summed E-state index contributed by atoms with van der Waals surface area (Å²) in [4.78, 5) is 24.3. The molecule has 1 amide bonds. The molecule has 2 unspecified atom stereocenters. The third-order valence-corrected chi connectivity index (χ3v) is 3.96. The summed E-state index contributed by atoms with van der Waals surface area (Å²) in [5.74, 6) is 0.751. The van der Waals surface area contributed by atoms with Gasteiger partial charge in [-0.1, -0.05) is 13.0 Å². The summed E-state index contributed by atoms with van der Waals surface area (Å²) in [5.41, 5.74) is 5.69. The zero-order chi connectivity index (χ0) is 16.1. The summed E-state index contributed by atoms with van der Waals surface area (Å²) in [6.07, 6.45) is 1.86. The lowest BCUT2D eigenvalue weighted by molar-refractivity contribution is -0.384. The lowest BCUT2D eigenvalue weighted by Crippen LogP contribution is -2.50. The SMILES string of the molecule is CC1CCN(C(=O)COc2cccc([N+](=O)[O-])c2)C(CN)C1. The van der Waals surface area contributed by atoms with Crippen LogP contribution in [0.5, 0.6) is 5.75 Å². The molecule has 2 rings (SSSR count). The van der Waals surface area contributed by atoms with E-state index < -0.39 is 4.92 Å². The number of nitrogens with two attached hydrogens (primary N) is 1. The van der Waals surface area contributed by atoms with Crippen LogP contribution in [0.4, 0.5) is 5.69 Å². The number of nitro benzene ring substituents is 1. The van der Waals surface area contributed by atoms with Crippen molar-refractivity contribution in [1.82, 2.24) is 4.90 Å². The molecule has 2 atom stereocenters. The van der Waals surface area contributed by atoms with E-state index in [1.165, 1.54) is 18.2 Å². The molecule has 0 spiro atoms. The van der Waals surface area contributed by atoms with Gasteiger partial charge in [0.1, 0.15) is 5.75 Å². The molecule has 7 heteroatoms. The Bertz CT molecular complexity index is 549. The Hall–Kier alpha value is -2.15. The molecular formula is C15H21N3O4.